The highest BCUT2D eigenvalue weighted by molar-refractivity contribution is 5.86. The Bertz CT molecular complexity index is 965. The summed E-state index contributed by atoms with van der Waals surface area (Å²) in [6, 6.07) is 14.6. The fourth-order valence-corrected chi connectivity index (χ4v) is 2.50. The van der Waals surface area contributed by atoms with E-state index in [9.17, 15) is 14.0 Å². The monoisotopic (exact) mass is 340 g/mol. The summed E-state index contributed by atoms with van der Waals surface area (Å²) in [5.41, 5.74) is 1.31. The first kappa shape index (κ1) is 16.7. The fraction of sp³-hybridized carbons (Fsp3) is 0.158. The van der Waals surface area contributed by atoms with Gasteiger partial charge in [-0.3, -0.25) is 9.59 Å². The van der Waals surface area contributed by atoms with Crippen molar-refractivity contribution in [2.75, 3.05) is 6.61 Å². The van der Waals surface area contributed by atoms with E-state index in [-0.39, 0.29) is 30.4 Å². The molecule has 0 aliphatic carbocycles. The van der Waals surface area contributed by atoms with Crippen molar-refractivity contribution in [1.82, 2.24) is 9.88 Å². The maximum Gasteiger partial charge on any atom is 0.258 e. The van der Waals surface area contributed by atoms with Gasteiger partial charge in [-0.05, 0) is 29.8 Å². The fourth-order valence-electron chi connectivity index (χ4n) is 2.50. The van der Waals surface area contributed by atoms with Gasteiger partial charge in [0.1, 0.15) is 11.6 Å². The highest BCUT2D eigenvalue weighted by Gasteiger charge is 2.09. The number of hydrogen-bond acceptors (Lipinski definition) is 3. The lowest BCUT2D eigenvalue weighted by atomic mass is 10.2. The van der Waals surface area contributed by atoms with Gasteiger partial charge in [0.2, 0.25) is 0 Å². The standard InChI is InChI=1S/C19H17FN2O3/c1-22-16-5-3-2-4-15(16)17(10-19(22)24)25-12-18(23)21-11-13-6-8-14(20)9-7-13/h2-10H,11-12H2,1H3,(H,21,23). The molecule has 0 saturated carbocycles. The molecule has 0 atom stereocenters. The zero-order valence-corrected chi connectivity index (χ0v) is 13.7. The summed E-state index contributed by atoms with van der Waals surface area (Å²) in [7, 11) is 1.68. The van der Waals surface area contributed by atoms with Crippen molar-refractivity contribution in [1.29, 1.82) is 0 Å². The van der Waals surface area contributed by atoms with Gasteiger partial charge in [0.15, 0.2) is 6.61 Å². The van der Waals surface area contributed by atoms with E-state index in [0.717, 1.165) is 16.5 Å². The van der Waals surface area contributed by atoms with E-state index in [2.05, 4.69) is 5.32 Å². The summed E-state index contributed by atoms with van der Waals surface area (Å²) in [5.74, 6) is -0.277. The third-order valence-electron chi connectivity index (χ3n) is 3.88. The molecule has 0 aliphatic heterocycles. The molecule has 1 amide bonds. The third kappa shape index (κ3) is 3.85. The zero-order chi connectivity index (χ0) is 17.8. The predicted molar refractivity (Wildman–Crippen MR) is 92.9 cm³/mol. The van der Waals surface area contributed by atoms with E-state index in [1.54, 1.807) is 19.2 Å². The maximum atomic E-state index is 12.8. The molecular formula is C19H17FN2O3. The Morgan fingerprint density at radius 1 is 1.16 bits per heavy atom. The Labute approximate surface area is 143 Å². The minimum absolute atomic E-state index is 0.208. The molecule has 0 aliphatic rings. The van der Waals surface area contributed by atoms with Gasteiger partial charge in [-0.2, -0.15) is 0 Å². The second kappa shape index (κ2) is 7.17. The number of ether oxygens (including phenoxy) is 1. The lowest BCUT2D eigenvalue weighted by Gasteiger charge is -2.11. The minimum atomic E-state index is -0.325. The van der Waals surface area contributed by atoms with Crippen LogP contribution in [0.5, 0.6) is 5.75 Å². The highest BCUT2D eigenvalue weighted by atomic mass is 19.1. The Balaban J connectivity index is 1.66. The number of nitrogens with zero attached hydrogens (tertiary/aromatic N) is 1. The number of hydrogen-bond donors (Lipinski definition) is 1. The lowest BCUT2D eigenvalue weighted by Crippen LogP contribution is -2.28. The van der Waals surface area contributed by atoms with Crippen LogP contribution < -0.4 is 15.6 Å². The quantitative estimate of drug-likeness (QED) is 0.776. The van der Waals surface area contributed by atoms with Crippen LogP contribution in [-0.4, -0.2) is 17.1 Å². The molecule has 6 heteroatoms. The van der Waals surface area contributed by atoms with Crippen molar-refractivity contribution in [3.63, 3.8) is 0 Å². The third-order valence-corrected chi connectivity index (χ3v) is 3.88. The Morgan fingerprint density at radius 2 is 1.88 bits per heavy atom. The van der Waals surface area contributed by atoms with E-state index >= 15 is 0 Å². The van der Waals surface area contributed by atoms with E-state index < -0.39 is 0 Å². The molecule has 0 bridgehead atoms. The number of fused-ring (bicyclic) bond motifs is 1. The first-order valence-electron chi connectivity index (χ1n) is 7.77. The Hall–Kier alpha value is -3.15. The topological polar surface area (TPSA) is 60.3 Å². The number of para-hydroxylation sites is 1. The number of carbonyl (C=O) groups is 1. The summed E-state index contributed by atoms with van der Waals surface area (Å²) < 4.78 is 19.9. The SMILES string of the molecule is Cn1c(=O)cc(OCC(=O)NCc2ccc(F)cc2)c2ccccc21. The molecule has 1 aromatic heterocycles. The number of carbonyl (C=O) groups excluding carboxylic acids is 1. The average Bonchev–Trinajstić information content (AvgIpc) is 2.63. The van der Waals surface area contributed by atoms with Crippen LogP contribution in [0, 0.1) is 5.82 Å². The zero-order valence-electron chi connectivity index (χ0n) is 13.7. The van der Waals surface area contributed by atoms with Crippen LogP contribution in [0.2, 0.25) is 0 Å². The number of halogens is 1. The van der Waals surface area contributed by atoms with Crippen molar-refractivity contribution in [2.45, 2.75) is 6.54 Å². The number of pyridine rings is 1. The van der Waals surface area contributed by atoms with E-state index in [4.69, 9.17) is 4.74 Å². The van der Waals surface area contributed by atoms with Crippen LogP contribution in [0.4, 0.5) is 4.39 Å². The number of aryl methyl sites for hydroxylation is 1. The summed E-state index contributed by atoms with van der Waals surface area (Å²) >= 11 is 0. The molecule has 0 spiro atoms. The van der Waals surface area contributed by atoms with Crippen LogP contribution in [0.15, 0.2) is 59.4 Å². The molecular weight excluding hydrogens is 323 g/mol. The first-order valence-corrected chi connectivity index (χ1v) is 7.77. The molecule has 2 aromatic carbocycles. The van der Waals surface area contributed by atoms with Crippen LogP contribution >= 0.6 is 0 Å². The molecule has 3 aromatic rings. The molecule has 0 unspecified atom stereocenters. The van der Waals surface area contributed by atoms with E-state index in [1.807, 2.05) is 24.3 Å². The van der Waals surface area contributed by atoms with Crippen LogP contribution in [0.1, 0.15) is 5.56 Å². The van der Waals surface area contributed by atoms with Gasteiger partial charge in [-0.1, -0.05) is 24.3 Å². The van der Waals surface area contributed by atoms with Crippen LogP contribution in [0.3, 0.4) is 0 Å². The van der Waals surface area contributed by atoms with Crippen molar-refractivity contribution in [2.24, 2.45) is 7.05 Å². The molecule has 3 rings (SSSR count). The molecule has 128 valence electrons. The van der Waals surface area contributed by atoms with Crippen molar-refractivity contribution < 1.29 is 13.9 Å². The molecule has 0 radical (unpaired) electrons. The van der Waals surface area contributed by atoms with Gasteiger partial charge >= 0.3 is 0 Å². The van der Waals surface area contributed by atoms with Gasteiger partial charge in [-0.15, -0.1) is 0 Å². The molecule has 25 heavy (non-hydrogen) atoms. The summed E-state index contributed by atoms with van der Waals surface area (Å²) in [4.78, 5) is 23.9. The summed E-state index contributed by atoms with van der Waals surface area (Å²) in [6.07, 6.45) is 0. The summed E-state index contributed by atoms with van der Waals surface area (Å²) in [5, 5.41) is 3.45. The Kier molecular flexibility index (Phi) is 4.79. The molecule has 5 nitrogen and oxygen atoms in total. The number of aromatic nitrogens is 1. The van der Waals surface area contributed by atoms with E-state index in [1.165, 1.54) is 22.8 Å². The largest absolute Gasteiger partial charge is 0.483 e. The lowest BCUT2D eigenvalue weighted by molar-refractivity contribution is -0.123. The number of amides is 1. The maximum absolute atomic E-state index is 12.8. The van der Waals surface area contributed by atoms with Crippen molar-refractivity contribution in [3.8, 4) is 5.75 Å². The highest BCUT2D eigenvalue weighted by Crippen LogP contribution is 2.22. The molecule has 0 fully saturated rings. The molecule has 1 N–H and O–H groups in total. The van der Waals surface area contributed by atoms with Gasteiger partial charge in [0.05, 0.1) is 5.52 Å². The average molecular weight is 340 g/mol. The normalized spacial score (nSPS) is 10.6. The second-order valence-electron chi connectivity index (χ2n) is 5.61. The number of nitrogens with one attached hydrogen (secondary N) is 1. The number of rotatable bonds is 5. The van der Waals surface area contributed by atoms with Gasteiger partial charge in [0.25, 0.3) is 11.5 Å². The van der Waals surface area contributed by atoms with Gasteiger partial charge in [-0.25, -0.2) is 4.39 Å². The Morgan fingerprint density at radius 3 is 2.64 bits per heavy atom. The van der Waals surface area contributed by atoms with Crippen LogP contribution in [0.25, 0.3) is 10.9 Å². The van der Waals surface area contributed by atoms with Crippen molar-refractivity contribution >= 4 is 16.8 Å². The van der Waals surface area contributed by atoms with E-state index in [0.29, 0.717) is 5.75 Å². The molecule has 1 heterocycles. The van der Waals surface area contributed by atoms with Crippen LogP contribution in [-0.2, 0) is 18.4 Å². The smallest absolute Gasteiger partial charge is 0.258 e. The first-order chi connectivity index (χ1) is 12.0. The minimum Gasteiger partial charge on any atom is -0.483 e. The number of benzene rings is 2. The second-order valence-corrected chi connectivity index (χ2v) is 5.61. The van der Waals surface area contributed by atoms with Crippen molar-refractivity contribution in [3.05, 3.63) is 76.3 Å². The van der Waals surface area contributed by atoms with Gasteiger partial charge in [0, 0.05) is 25.0 Å². The summed E-state index contributed by atoms with van der Waals surface area (Å²) in [6.45, 7) is 0.0676. The van der Waals surface area contributed by atoms with Gasteiger partial charge < -0.3 is 14.6 Å². The molecule has 0 saturated heterocycles. The predicted octanol–water partition coefficient (Wildman–Crippen LogP) is 2.37.